The Morgan fingerprint density at radius 2 is 1.72 bits per heavy atom. The third-order valence-corrected chi connectivity index (χ3v) is 18.1. The molecule has 79 heavy (non-hydrogen) atoms. The molecule has 3 aromatic heterocycles. The molecule has 0 radical (unpaired) electrons. The first-order valence-corrected chi connectivity index (χ1v) is 27.9. The number of aromatic nitrogens is 5. The standard InChI is InChI=1S/C59H66F2N10O8/c1-4-41-44(60)9-7-38-27-40(72)29-42(49(38)41)51-50(61)52-43(30-62-51)53(69-21-5-18-58(2,77)33-69)65-55(64-52)79-34-59-19-6-22-70(59)39(13-20-59)32-78-57(76)68-25-14-35(15-26-68)31-67-23-16-36(17-24-67)37-8-10-45-47(28-37)71(56(75)66(45)3)46-11-12-48(73)63-54(46)74/h1,7-10,27-30,35-36,39,46,72,77H,5-6,11-26,31-34H2,2-3H3,(H,63,73,74)/t39-,46?,58+,59-/m0/s1. The fraction of sp³-hybridized carbons (Fsp3) is 0.508. The molecule has 20 heteroatoms. The van der Waals surface area contributed by atoms with Crippen LogP contribution in [0.1, 0.15) is 107 Å². The van der Waals surface area contributed by atoms with Gasteiger partial charge in [-0.3, -0.25) is 33.9 Å². The summed E-state index contributed by atoms with van der Waals surface area (Å²) in [6, 6.07) is 10.8. The van der Waals surface area contributed by atoms with Gasteiger partial charge in [-0.05, 0) is 150 Å². The van der Waals surface area contributed by atoms with E-state index in [9.17, 15) is 29.4 Å². The van der Waals surface area contributed by atoms with Crippen LogP contribution >= 0.6 is 0 Å². The van der Waals surface area contributed by atoms with E-state index < -0.39 is 29.2 Å². The van der Waals surface area contributed by atoms with Crippen LogP contribution in [-0.2, 0) is 21.4 Å². The van der Waals surface area contributed by atoms with Gasteiger partial charge in [-0.1, -0.05) is 18.1 Å². The van der Waals surface area contributed by atoms with Crippen molar-refractivity contribution in [1.82, 2.24) is 44.1 Å². The summed E-state index contributed by atoms with van der Waals surface area (Å²) in [5.74, 6) is 1.09. The van der Waals surface area contributed by atoms with Gasteiger partial charge in [-0.2, -0.15) is 9.97 Å². The molecule has 1 unspecified atom stereocenters. The number of rotatable bonds is 11. The first-order chi connectivity index (χ1) is 38.1. The molecule has 3 amide bonds. The van der Waals surface area contributed by atoms with Crippen molar-refractivity contribution in [3.05, 3.63) is 81.9 Å². The van der Waals surface area contributed by atoms with Crippen LogP contribution in [0.5, 0.6) is 11.8 Å². The van der Waals surface area contributed by atoms with Crippen molar-refractivity contribution in [3.63, 3.8) is 0 Å². The summed E-state index contributed by atoms with van der Waals surface area (Å²) in [4.78, 5) is 74.3. The van der Waals surface area contributed by atoms with E-state index in [4.69, 9.17) is 20.9 Å². The number of fused-ring (bicyclic) bond motifs is 4. The Kier molecular flexibility index (Phi) is 13.8. The fourth-order valence-electron chi connectivity index (χ4n) is 13.9. The molecule has 12 rings (SSSR count). The van der Waals surface area contributed by atoms with Crippen LogP contribution in [0.25, 0.3) is 44.0 Å². The van der Waals surface area contributed by atoms with E-state index in [1.165, 1.54) is 30.5 Å². The number of nitrogens with zero attached hydrogens (tertiary/aromatic N) is 9. The smallest absolute Gasteiger partial charge is 0.409 e. The number of likely N-dealkylation sites (tertiary alicyclic amines) is 2. The van der Waals surface area contributed by atoms with Crippen LogP contribution in [0.3, 0.4) is 0 Å². The highest BCUT2D eigenvalue weighted by molar-refractivity contribution is 6.03. The molecule has 3 aromatic carbocycles. The lowest BCUT2D eigenvalue weighted by molar-refractivity contribution is -0.135. The van der Waals surface area contributed by atoms with Gasteiger partial charge in [0.1, 0.15) is 47.9 Å². The summed E-state index contributed by atoms with van der Waals surface area (Å²) >= 11 is 0. The zero-order valence-electron chi connectivity index (χ0n) is 44.7. The topological polar surface area (TPSA) is 201 Å². The highest BCUT2D eigenvalue weighted by Crippen LogP contribution is 2.44. The molecule has 9 heterocycles. The zero-order valence-corrected chi connectivity index (χ0v) is 44.7. The number of carbonyl (C=O) groups excluding carboxylic acids is 3. The van der Waals surface area contributed by atoms with E-state index in [0.29, 0.717) is 67.3 Å². The number of phenols is 1. The number of halogens is 2. The lowest BCUT2D eigenvalue weighted by atomic mass is 9.88. The Labute approximate surface area is 455 Å². The van der Waals surface area contributed by atoms with Gasteiger partial charge >= 0.3 is 17.8 Å². The number of hydrogen-bond donors (Lipinski definition) is 3. The predicted molar refractivity (Wildman–Crippen MR) is 292 cm³/mol. The number of aromatic hydroxyl groups is 1. The Morgan fingerprint density at radius 3 is 2.49 bits per heavy atom. The van der Waals surface area contributed by atoms with Crippen molar-refractivity contribution in [2.75, 3.05) is 70.5 Å². The Morgan fingerprint density at radius 1 is 0.924 bits per heavy atom. The van der Waals surface area contributed by atoms with E-state index in [0.717, 1.165) is 94.1 Å². The number of benzene rings is 3. The highest BCUT2D eigenvalue weighted by atomic mass is 19.1. The molecule has 3 N–H and O–H groups in total. The van der Waals surface area contributed by atoms with Gasteiger partial charge in [0.25, 0.3) is 0 Å². The number of imidazole rings is 1. The van der Waals surface area contributed by atoms with Crippen LogP contribution in [0.4, 0.5) is 19.4 Å². The number of amides is 3. The second-order valence-corrected chi connectivity index (χ2v) is 23.2. The number of terminal acetylenes is 1. The lowest BCUT2D eigenvalue weighted by Crippen LogP contribution is -2.49. The van der Waals surface area contributed by atoms with Crippen molar-refractivity contribution >= 4 is 56.4 Å². The third-order valence-electron chi connectivity index (χ3n) is 18.1. The van der Waals surface area contributed by atoms with E-state index in [2.05, 4.69) is 43.1 Å². The summed E-state index contributed by atoms with van der Waals surface area (Å²) in [7, 11) is 1.71. The number of nitrogens with one attached hydrogen (secondary N) is 1. The van der Waals surface area contributed by atoms with Crippen molar-refractivity contribution in [1.29, 1.82) is 0 Å². The lowest BCUT2D eigenvalue weighted by Gasteiger charge is -2.38. The summed E-state index contributed by atoms with van der Waals surface area (Å²) < 4.78 is 48.0. The number of carbonyl (C=O) groups is 3. The van der Waals surface area contributed by atoms with Gasteiger partial charge in [-0.15, -0.1) is 6.42 Å². The second-order valence-electron chi connectivity index (χ2n) is 23.2. The zero-order chi connectivity index (χ0) is 54.9. The molecule has 6 fully saturated rings. The average Bonchev–Trinajstić information content (AvgIpc) is 4.33. The van der Waals surface area contributed by atoms with Crippen molar-refractivity contribution in [3.8, 4) is 35.4 Å². The van der Waals surface area contributed by atoms with Crippen LogP contribution in [-0.4, -0.2) is 150 Å². The maximum atomic E-state index is 17.2. The molecule has 0 aliphatic carbocycles. The fourth-order valence-corrected chi connectivity index (χ4v) is 13.9. The minimum Gasteiger partial charge on any atom is -0.508 e. The number of aryl methyl sites for hydroxylation is 1. The van der Waals surface area contributed by atoms with Gasteiger partial charge in [0, 0.05) is 69.4 Å². The number of piperidine rings is 4. The maximum absolute atomic E-state index is 17.2. The predicted octanol–water partition coefficient (Wildman–Crippen LogP) is 6.90. The Hall–Kier alpha value is -7.21. The largest absolute Gasteiger partial charge is 0.508 e. The van der Waals surface area contributed by atoms with E-state index in [1.807, 2.05) is 15.9 Å². The average molecular weight is 1080 g/mol. The quantitative estimate of drug-likeness (QED) is 0.0894. The van der Waals surface area contributed by atoms with Gasteiger partial charge in [0.05, 0.1) is 33.1 Å². The minimum absolute atomic E-state index is 0.00924. The van der Waals surface area contributed by atoms with Gasteiger partial charge in [0.15, 0.2) is 5.82 Å². The van der Waals surface area contributed by atoms with Crippen molar-refractivity contribution in [2.24, 2.45) is 13.0 Å². The molecule has 0 bridgehead atoms. The Bertz CT molecular complexity index is 3530. The van der Waals surface area contributed by atoms with E-state index in [1.54, 1.807) is 23.1 Å². The molecule has 4 atom stereocenters. The van der Waals surface area contributed by atoms with Crippen LogP contribution in [0.2, 0.25) is 0 Å². The Balaban J connectivity index is 0.668. The molecular formula is C59H66F2N10O8. The molecular weight excluding hydrogens is 1010 g/mol. The normalized spacial score (nSPS) is 24.6. The minimum atomic E-state index is -1.02. The van der Waals surface area contributed by atoms with Crippen LogP contribution in [0.15, 0.2) is 53.5 Å². The summed E-state index contributed by atoms with van der Waals surface area (Å²) in [6.07, 6.45) is 15.8. The molecule has 0 saturated carbocycles. The molecule has 18 nitrogen and oxygen atoms in total. The van der Waals surface area contributed by atoms with Gasteiger partial charge < -0.3 is 34.4 Å². The number of pyridine rings is 1. The summed E-state index contributed by atoms with van der Waals surface area (Å²) in [6.45, 7) is 7.93. The third kappa shape index (κ3) is 9.81. The van der Waals surface area contributed by atoms with E-state index >= 15 is 8.78 Å². The molecule has 6 saturated heterocycles. The summed E-state index contributed by atoms with van der Waals surface area (Å²) in [5.41, 5.74) is 0.699. The monoisotopic (exact) mass is 1080 g/mol. The van der Waals surface area contributed by atoms with Crippen LogP contribution in [0, 0.1) is 29.9 Å². The first-order valence-electron chi connectivity index (χ1n) is 27.9. The number of ether oxygens (including phenoxy) is 2. The number of phenolic OH excluding ortho intramolecular Hbond substituents is 1. The van der Waals surface area contributed by atoms with E-state index in [-0.39, 0.29) is 94.9 Å². The molecule has 0 spiro atoms. The SMILES string of the molecule is C#Cc1c(F)ccc2cc(O)cc(-c3ncc4c(N5CCC[C@@](C)(O)C5)nc(OC[C@@]56CCCN5[C@H](COC(=O)N5CCC(CN7CCC(c8ccc9c(c8)n(C8CCC(=O)NC8=O)c(=O)n9C)CC7)CC5)CC6)nc4c3F)c12. The van der Waals surface area contributed by atoms with Gasteiger partial charge in [0.2, 0.25) is 11.8 Å². The molecule has 414 valence electrons. The second kappa shape index (κ2) is 20.8. The molecule has 6 aliphatic rings. The molecule has 6 aliphatic heterocycles. The van der Waals surface area contributed by atoms with Crippen molar-refractivity contribution < 1.29 is 42.9 Å². The first kappa shape index (κ1) is 52.5. The van der Waals surface area contributed by atoms with Crippen LogP contribution < -0.4 is 20.6 Å². The number of aliphatic hydroxyl groups is 1. The summed E-state index contributed by atoms with van der Waals surface area (Å²) in [5, 5.41) is 25.2. The highest BCUT2D eigenvalue weighted by Gasteiger charge is 2.50. The molecule has 6 aromatic rings. The number of imide groups is 1. The number of β-amino-alcohol motifs (C(OH)–C–C–N with tert-alkyl or cyclic N) is 1. The number of anilines is 1. The number of hydrogen-bond acceptors (Lipinski definition) is 14. The van der Waals surface area contributed by atoms with Gasteiger partial charge in [-0.25, -0.2) is 18.4 Å². The maximum Gasteiger partial charge on any atom is 0.409 e. The van der Waals surface area contributed by atoms with Crippen molar-refractivity contribution in [2.45, 2.75) is 113 Å².